The molecule has 32 heavy (non-hydrogen) atoms. The van der Waals surface area contributed by atoms with Gasteiger partial charge in [0.05, 0.1) is 0 Å². The van der Waals surface area contributed by atoms with Crippen molar-refractivity contribution in [2.75, 3.05) is 6.54 Å². The third kappa shape index (κ3) is 18.8. The first-order valence-corrected chi connectivity index (χ1v) is 12.3. The first-order chi connectivity index (χ1) is 14.9. The van der Waals surface area contributed by atoms with Gasteiger partial charge in [0.2, 0.25) is 5.91 Å². The molecule has 0 aromatic rings. The first kappa shape index (κ1) is 30.1. The van der Waals surface area contributed by atoms with Crippen molar-refractivity contribution in [1.82, 2.24) is 5.32 Å². The Kier molecular flexibility index (Phi) is 15.7. The normalized spacial score (nSPS) is 14.0. The number of carbonyl (C=O) groups is 2. The molecule has 1 amide bonds. The molecule has 0 bridgehead atoms. The predicted molar refractivity (Wildman–Crippen MR) is 140 cm³/mol. The van der Waals surface area contributed by atoms with Gasteiger partial charge < -0.3 is 10.1 Å². The van der Waals surface area contributed by atoms with Crippen molar-refractivity contribution >= 4 is 11.7 Å². The number of hydrogen-bond acceptors (Lipinski definition) is 2. The molecule has 0 saturated heterocycles. The summed E-state index contributed by atoms with van der Waals surface area (Å²) < 4.78 is 0. The van der Waals surface area contributed by atoms with Crippen molar-refractivity contribution in [2.45, 2.75) is 113 Å². The van der Waals surface area contributed by atoms with Crippen LogP contribution < -0.4 is 5.32 Å². The molecule has 0 rings (SSSR count). The van der Waals surface area contributed by atoms with Crippen LogP contribution in [0.5, 0.6) is 0 Å². The topological polar surface area (TPSA) is 46.2 Å². The molecule has 0 aromatic carbocycles. The van der Waals surface area contributed by atoms with Crippen LogP contribution in [0.3, 0.4) is 0 Å². The second kappa shape index (κ2) is 16.7. The van der Waals surface area contributed by atoms with Gasteiger partial charge in [0.25, 0.3) is 0 Å². The summed E-state index contributed by atoms with van der Waals surface area (Å²) in [6.45, 7) is 17.4. The number of Topliss-reactive ketones (excluding diaryl/α,β-unsaturated/α-hetero) is 1. The fourth-order valence-electron chi connectivity index (χ4n) is 3.22. The molecule has 0 saturated carbocycles. The monoisotopic (exact) mass is 443 g/mol. The molecular formula is C29H49NO2. The summed E-state index contributed by atoms with van der Waals surface area (Å²) in [5.41, 5.74) is 5.26. The van der Waals surface area contributed by atoms with E-state index in [2.05, 4.69) is 71.2 Å². The zero-order valence-corrected chi connectivity index (χ0v) is 22.2. The van der Waals surface area contributed by atoms with E-state index in [1.165, 1.54) is 16.7 Å². The number of rotatable bonds is 15. The predicted octanol–water partition coefficient (Wildman–Crippen LogP) is 8.03. The van der Waals surface area contributed by atoms with Gasteiger partial charge in [-0.25, -0.2) is 0 Å². The highest BCUT2D eigenvalue weighted by Crippen LogP contribution is 2.17. The van der Waals surface area contributed by atoms with Crippen LogP contribution in [-0.4, -0.2) is 18.2 Å². The molecule has 0 spiro atoms. The van der Waals surface area contributed by atoms with Gasteiger partial charge in [-0.1, -0.05) is 61.8 Å². The molecule has 182 valence electrons. The standard InChI is InChI=1S/C29H49NO2/c1-23(14-10-16-25(3)18-12-20-27(5)31)13-9-15-24(2)17-11-19-26(4)28(32)30-22-21-29(6,7)8/h14-15,18-19H,9-13,16-17,20-22H2,1-8H3,(H,30,32). The zero-order valence-electron chi connectivity index (χ0n) is 22.2. The Labute approximate surface area is 198 Å². The Balaban J connectivity index is 4.17. The van der Waals surface area contributed by atoms with Crippen molar-refractivity contribution in [2.24, 2.45) is 5.41 Å². The Morgan fingerprint density at radius 2 is 1.06 bits per heavy atom. The highest BCUT2D eigenvalue weighted by molar-refractivity contribution is 5.92. The fraction of sp³-hybridized carbons (Fsp3) is 0.655. The van der Waals surface area contributed by atoms with Crippen molar-refractivity contribution in [3.8, 4) is 0 Å². The van der Waals surface area contributed by atoms with E-state index in [1.807, 2.05) is 6.92 Å². The SMILES string of the molecule is CC(=O)CCC=C(C)CCC=C(C)CCC=C(C)CCC=C(C)C(=O)NCCC(C)(C)C. The maximum absolute atomic E-state index is 12.1. The lowest BCUT2D eigenvalue weighted by molar-refractivity contribution is -0.118. The van der Waals surface area contributed by atoms with Gasteiger partial charge in [-0.15, -0.1) is 0 Å². The number of carbonyl (C=O) groups excluding carboxylic acids is 2. The fourth-order valence-corrected chi connectivity index (χ4v) is 3.22. The summed E-state index contributed by atoms with van der Waals surface area (Å²) in [7, 11) is 0. The van der Waals surface area contributed by atoms with Crippen LogP contribution in [0.15, 0.2) is 46.6 Å². The molecule has 0 fully saturated rings. The Morgan fingerprint density at radius 1 is 0.656 bits per heavy atom. The molecule has 1 N–H and O–H groups in total. The molecule has 0 aliphatic heterocycles. The lowest BCUT2D eigenvalue weighted by Gasteiger charge is -2.18. The quantitative estimate of drug-likeness (QED) is 0.206. The van der Waals surface area contributed by atoms with E-state index in [0.29, 0.717) is 6.42 Å². The first-order valence-electron chi connectivity index (χ1n) is 12.3. The number of nitrogens with one attached hydrogen (secondary N) is 1. The molecule has 3 nitrogen and oxygen atoms in total. The highest BCUT2D eigenvalue weighted by Gasteiger charge is 2.10. The molecule has 0 unspecified atom stereocenters. The van der Waals surface area contributed by atoms with E-state index in [4.69, 9.17) is 0 Å². The summed E-state index contributed by atoms with van der Waals surface area (Å²) in [6, 6.07) is 0. The van der Waals surface area contributed by atoms with Crippen LogP contribution in [0.4, 0.5) is 0 Å². The average Bonchev–Trinajstić information content (AvgIpc) is 2.66. The van der Waals surface area contributed by atoms with E-state index >= 15 is 0 Å². The molecule has 0 radical (unpaired) electrons. The highest BCUT2D eigenvalue weighted by atomic mass is 16.1. The summed E-state index contributed by atoms with van der Waals surface area (Å²) in [5, 5.41) is 3.02. The van der Waals surface area contributed by atoms with Gasteiger partial charge in [0.1, 0.15) is 5.78 Å². The van der Waals surface area contributed by atoms with Gasteiger partial charge in [-0.05, 0) is 91.4 Å². The smallest absolute Gasteiger partial charge is 0.246 e. The van der Waals surface area contributed by atoms with Crippen LogP contribution in [0.1, 0.15) is 113 Å². The summed E-state index contributed by atoms with van der Waals surface area (Å²) in [5.74, 6) is 0.317. The third-order valence-corrected chi connectivity index (χ3v) is 5.56. The average molecular weight is 444 g/mol. The Bertz CT molecular complexity index is 699. The molecule has 0 aliphatic carbocycles. The van der Waals surface area contributed by atoms with Crippen LogP contribution >= 0.6 is 0 Å². The molecule has 0 heterocycles. The number of ketones is 1. The van der Waals surface area contributed by atoms with Crippen LogP contribution in [-0.2, 0) is 9.59 Å². The van der Waals surface area contributed by atoms with E-state index in [-0.39, 0.29) is 17.1 Å². The van der Waals surface area contributed by atoms with Gasteiger partial charge in [-0.2, -0.15) is 0 Å². The maximum Gasteiger partial charge on any atom is 0.246 e. The zero-order chi connectivity index (χ0) is 24.6. The van der Waals surface area contributed by atoms with E-state index in [0.717, 1.165) is 63.5 Å². The largest absolute Gasteiger partial charge is 0.352 e. The minimum absolute atomic E-state index is 0.0561. The Morgan fingerprint density at radius 3 is 1.47 bits per heavy atom. The number of amides is 1. The lowest BCUT2D eigenvalue weighted by atomic mass is 9.92. The molecule has 0 aliphatic rings. The van der Waals surface area contributed by atoms with Gasteiger partial charge in [0, 0.05) is 18.5 Å². The summed E-state index contributed by atoms with van der Waals surface area (Å²) >= 11 is 0. The van der Waals surface area contributed by atoms with Gasteiger partial charge in [-0.3, -0.25) is 4.79 Å². The van der Waals surface area contributed by atoms with Crippen LogP contribution in [0, 0.1) is 5.41 Å². The lowest BCUT2D eigenvalue weighted by Crippen LogP contribution is -2.27. The molecule has 0 aromatic heterocycles. The summed E-state index contributed by atoms with van der Waals surface area (Å²) in [4.78, 5) is 23.1. The molecule has 0 atom stereocenters. The molecular weight excluding hydrogens is 394 g/mol. The van der Waals surface area contributed by atoms with E-state index in [1.54, 1.807) is 6.92 Å². The number of hydrogen-bond donors (Lipinski definition) is 1. The van der Waals surface area contributed by atoms with Crippen molar-refractivity contribution in [3.63, 3.8) is 0 Å². The van der Waals surface area contributed by atoms with E-state index < -0.39 is 0 Å². The third-order valence-electron chi connectivity index (χ3n) is 5.56. The minimum atomic E-state index is 0.0561. The van der Waals surface area contributed by atoms with Crippen LogP contribution in [0.25, 0.3) is 0 Å². The minimum Gasteiger partial charge on any atom is -0.352 e. The maximum atomic E-state index is 12.1. The van der Waals surface area contributed by atoms with Gasteiger partial charge in [0.15, 0.2) is 0 Å². The number of allylic oxidation sites excluding steroid dienone is 7. The van der Waals surface area contributed by atoms with Crippen LogP contribution in [0.2, 0.25) is 0 Å². The van der Waals surface area contributed by atoms with Crippen molar-refractivity contribution < 1.29 is 9.59 Å². The Hall–Kier alpha value is -1.90. The second-order valence-electron chi connectivity index (χ2n) is 10.5. The van der Waals surface area contributed by atoms with E-state index in [9.17, 15) is 9.59 Å². The van der Waals surface area contributed by atoms with Crippen molar-refractivity contribution in [3.05, 3.63) is 46.6 Å². The van der Waals surface area contributed by atoms with Crippen molar-refractivity contribution in [1.29, 1.82) is 0 Å². The van der Waals surface area contributed by atoms with Gasteiger partial charge >= 0.3 is 0 Å². The summed E-state index contributed by atoms with van der Waals surface area (Å²) in [6.07, 6.45) is 17.6. The second-order valence-corrected chi connectivity index (χ2v) is 10.5. The molecule has 3 heteroatoms.